The van der Waals surface area contributed by atoms with E-state index in [1.807, 2.05) is 24.0 Å². The van der Waals surface area contributed by atoms with Crippen molar-refractivity contribution in [3.05, 3.63) is 76.1 Å². The van der Waals surface area contributed by atoms with Gasteiger partial charge in [-0.1, -0.05) is 30.3 Å². The average Bonchev–Trinajstić information content (AvgIpc) is 2.78. The van der Waals surface area contributed by atoms with Gasteiger partial charge in [-0.25, -0.2) is 4.79 Å². The summed E-state index contributed by atoms with van der Waals surface area (Å²) < 4.78 is 11.0. The first-order valence-electron chi connectivity index (χ1n) is 10.8. The van der Waals surface area contributed by atoms with Gasteiger partial charge in [-0.3, -0.25) is 9.69 Å². The molecule has 0 bridgehead atoms. The molecule has 1 aliphatic heterocycles. The number of nitrogens with zero attached hydrogens (tertiary/aromatic N) is 2. The van der Waals surface area contributed by atoms with E-state index >= 15 is 0 Å². The number of rotatable bonds is 7. The van der Waals surface area contributed by atoms with Crippen molar-refractivity contribution in [2.45, 2.75) is 26.3 Å². The number of hydrogen-bond donors (Lipinski definition) is 0. The van der Waals surface area contributed by atoms with Gasteiger partial charge >= 0.3 is 5.63 Å². The molecule has 0 radical (unpaired) electrons. The van der Waals surface area contributed by atoms with E-state index in [9.17, 15) is 9.59 Å². The van der Waals surface area contributed by atoms with Gasteiger partial charge in [-0.2, -0.15) is 0 Å². The van der Waals surface area contributed by atoms with Crippen LogP contribution in [-0.4, -0.2) is 48.5 Å². The van der Waals surface area contributed by atoms with Crippen LogP contribution in [-0.2, 0) is 11.3 Å². The summed E-state index contributed by atoms with van der Waals surface area (Å²) in [7, 11) is 0. The molecule has 1 aromatic heterocycles. The fourth-order valence-electron chi connectivity index (χ4n) is 3.96. The molecule has 0 unspecified atom stereocenters. The van der Waals surface area contributed by atoms with Crippen LogP contribution in [0.5, 0.6) is 5.75 Å². The van der Waals surface area contributed by atoms with E-state index in [1.54, 1.807) is 12.1 Å². The van der Waals surface area contributed by atoms with Crippen LogP contribution in [0, 0.1) is 6.92 Å². The second-order valence-electron chi connectivity index (χ2n) is 8.00. The number of fused-ring (bicyclic) bond motifs is 1. The molecule has 6 nitrogen and oxygen atoms in total. The highest BCUT2D eigenvalue weighted by Gasteiger charge is 2.20. The minimum atomic E-state index is -0.349. The summed E-state index contributed by atoms with van der Waals surface area (Å²) >= 11 is 0. The third kappa shape index (κ3) is 6.11. The standard InChI is InChI=1S/C25H28N2O4.ClH/c1-19-16-25(29)31-23-10-9-21(17-22(19)23)30-15-5-8-24(28)27-13-11-26(12-14-27)18-20-6-3-2-4-7-20;/h2-4,6-7,9-10,16-17H,5,8,11-15,18H2,1H3;1H. The minimum Gasteiger partial charge on any atom is -0.494 e. The second kappa shape index (κ2) is 11.2. The summed E-state index contributed by atoms with van der Waals surface area (Å²) in [6, 6.07) is 17.3. The molecule has 0 saturated carbocycles. The minimum absolute atomic E-state index is 0. The van der Waals surface area contributed by atoms with Crippen molar-refractivity contribution in [3.8, 4) is 5.75 Å². The zero-order valence-corrected chi connectivity index (χ0v) is 19.1. The Labute approximate surface area is 194 Å². The van der Waals surface area contributed by atoms with Crippen molar-refractivity contribution in [1.82, 2.24) is 9.80 Å². The summed E-state index contributed by atoms with van der Waals surface area (Å²) in [5.74, 6) is 0.908. The van der Waals surface area contributed by atoms with Gasteiger partial charge in [0, 0.05) is 50.6 Å². The Kier molecular flexibility index (Phi) is 8.31. The molecule has 4 rings (SSSR count). The Morgan fingerprint density at radius 3 is 2.53 bits per heavy atom. The van der Waals surface area contributed by atoms with E-state index in [0.717, 1.165) is 43.7 Å². The first kappa shape index (κ1) is 23.8. The van der Waals surface area contributed by atoms with Crippen LogP contribution >= 0.6 is 12.4 Å². The maximum Gasteiger partial charge on any atom is 0.336 e. The number of carbonyl (C=O) groups is 1. The number of piperazine rings is 1. The third-order valence-electron chi connectivity index (χ3n) is 5.70. The summed E-state index contributed by atoms with van der Waals surface area (Å²) in [4.78, 5) is 28.3. The maximum absolute atomic E-state index is 12.5. The first-order valence-corrected chi connectivity index (χ1v) is 10.8. The summed E-state index contributed by atoms with van der Waals surface area (Å²) in [5, 5.41) is 0.863. The van der Waals surface area contributed by atoms with Crippen molar-refractivity contribution >= 4 is 29.3 Å². The third-order valence-corrected chi connectivity index (χ3v) is 5.70. The Bertz CT molecular complexity index is 1090. The van der Waals surface area contributed by atoms with Crippen LogP contribution in [0.4, 0.5) is 0 Å². The number of ether oxygens (including phenoxy) is 1. The molecule has 170 valence electrons. The number of hydrogen-bond acceptors (Lipinski definition) is 5. The number of amides is 1. The highest BCUT2D eigenvalue weighted by molar-refractivity contribution is 5.85. The van der Waals surface area contributed by atoms with Crippen LogP contribution in [0.3, 0.4) is 0 Å². The molecule has 1 saturated heterocycles. The Hall–Kier alpha value is -2.83. The predicted octanol–water partition coefficient (Wildman–Crippen LogP) is 4.03. The zero-order chi connectivity index (χ0) is 21.6. The maximum atomic E-state index is 12.5. The van der Waals surface area contributed by atoms with Gasteiger partial charge in [-0.15, -0.1) is 12.4 Å². The highest BCUT2D eigenvalue weighted by Crippen LogP contribution is 2.22. The molecule has 0 atom stereocenters. The average molecular weight is 457 g/mol. The number of aryl methyl sites for hydroxylation is 1. The number of benzene rings is 2. The van der Waals surface area contributed by atoms with Gasteiger partial charge in [0.25, 0.3) is 0 Å². The van der Waals surface area contributed by atoms with Crippen molar-refractivity contribution in [3.63, 3.8) is 0 Å². The van der Waals surface area contributed by atoms with Crippen LogP contribution in [0.25, 0.3) is 11.0 Å². The van der Waals surface area contributed by atoms with E-state index in [1.165, 1.54) is 11.6 Å². The molecule has 1 fully saturated rings. The van der Waals surface area contributed by atoms with Crippen LogP contribution in [0.1, 0.15) is 24.0 Å². The van der Waals surface area contributed by atoms with Crippen molar-refractivity contribution in [2.24, 2.45) is 0 Å². The molecule has 0 aliphatic carbocycles. The van der Waals surface area contributed by atoms with Crippen LogP contribution < -0.4 is 10.4 Å². The van der Waals surface area contributed by atoms with Gasteiger partial charge in [0.2, 0.25) is 5.91 Å². The molecule has 2 aromatic carbocycles. The lowest BCUT2D eigenvalue weighted by Gasteiger charge is -2.34. The molecular formula is C25H29ClN2O4. The Morgan fingerprint density at radius 2 is 1.78 bits per heavy atom. The molecule has 0 spiro atoms. The highest BCUT2D eigenvalue weighted by atomic mass is 35.5. The Balaban J connectivity index is 0.00000289. The van der Waals surface area contributed by atoms with E-state index in [-0.39, 0.29) is 23.9 Å². The lowest BCUT2D eigenvalue weighted by atomic mass is 10.1. The summed E-state index contributed by atoms with van der Waals surface area (Å²) in [6.07, 6.45) is 1.16. The quantitative estimate of drug-likeness (QED) is 0.397. The lowest BCUT2D eigenvalue weighted by molar-refractivity contribution is -0.133. The molecule has 32 heavy (non-hydrogen) atoms. The van der Waals surface area contributed by atoms with Gasteiger partial charge in [0.15, 0.2) is 0 Å². The number of halogens is 1. The molecular weight excluding hydrogens is 428 g/mol. The van der Waals surface area contributed by atoms with Crippen molar-refractivity contribution in [2.75, 3.05) is 32.8 Å². The van der Waals surface area contributed by atoms with Gasteiger partial charge in [-0.05, 0) is 42.7 Å². The monoisotopic (exact) mass is 456 g/mol. The first-order chi connectivity index (χ1) is 15.1. The molecule has 3 aromatic rings. The smallest absolute Gasteiger partial charge is 0.336 e. The summed E-state index contributed by atoms with van der Waals surface area (Å²) in [6.45, 7) is 6.66. The largest absolute Gasteiger partial charge is 0.494 e. The molecule has 1 amide bonds. The van der Waals surface area contributed by atoms with Crippen molar-refractivity contribution in [1.29, 1.82) is 0 Å². The molecule has 2 heterocycles. The topological polar surface area (TPSA) is 63.0 Å². The number of carbonyl (C=O) groups excluding carboxylic acids is 1. The second-order valence-corrected chi connectivity index (χ2v) is 8.00. The van der Waals surface area contributed by atoms with Crippen molar-refractivity contribution < 1.29 is 13.9 Å². The lowest BCUT2D eigenvalue weighted by Crippen LogP contribution is -2.48. The predicted molar refractivity (Wildman–Crippen MR) is 127 cm³/mol. The zero-order valence-electron chi connectivity index (χ0n) is 18.3. The Morgan fingerprint density at radius 1 is 1.03 bits per heavy atom. The van der Waals surface area contributed by atoms with Gasteiger partial charge in [0.05, 0.1) is 6.61 Å². The fraction of sp³-hybridized carbons (Fsp3) is 0.360. The van der Waals surface area contributed by atoms with E-state index < -0.39 is 0 Å². The van der Waals surface area contributed by atoms with Crippen LogP contribution in [0.2, 0.25) is 0 Å². The molecule has 7 heteroatoms. The van der Waals surface area contributed by atoms with Gasteiger partial charge < -0.3 is 14.1 Å². The normalized spacial score (nSPS) is 14.2. The molecule has 1 aliphatic rings. The molecule has 0 N–H and O–H groups in total. The SMILES string of the molecule is Cc1cc(=O)oc2ccc(OCCCC(=O)N3CCN(Cc4ccccc4)CC3)cc12.Cl. The van der Waals surface area contributed by atoms with Gasteiger partial charge in [0.1, 0.15) is 11.3 Å². The van der Waals surface area contributed by atoms with E-state index in [0.29, 0.717) is 30.8 Å². The fourth-order valence-corrected chi connectivity index (χ4v) is 3.96. The van der Waals surface area contributed by atoms with E-state index in [2.05, 4.69) is 29.2 Å². The summed E-state index contributed by atoms with van der Waals surface area (Å²) in [5.41, 5.74) is 2.38. The van der Waals surface area contributed by atoms with E-state index in [4.69, 9.17) is 9.15 Å². The van der Waals surface area contributed by atoms with Crippen LogP contribution in [0.15, 0.2) is 63.8 Å².